The zero-order chi connectivity index (χ0) is 13.8. The highest BCUT2D eigenvalue weighted by Gasteiger charge is 2.29. The van der Waals surface area contributed by atoms with Crippen molar-refractivity contribution in [2.24, 2.45) is 0 Å². The van der Waals surface area contributed by atoms with Gasteiger partial charge < -0.3 is 9.30 Å². The Kier molecular flexibility index (Phi) is 3.81. The number of benzene rings is 1. The van der Waals surface area contributed by atoms with Gasteiger partial charge in [0.15, 0.2) is 0 Å². The Morgan fingerprint density at radius 2 is 2.00 bits per heavy atom. The Hall–Kier alpha value is -2.10. The molecule has 4 heteroatoms. The molecule has 4 nitrogen and oxygen atoms in total. The second-order valence-corrected chi connectivity index (χ2v) is 5.17. The van der Waals surface area contributed by atoms with Crippen molar-refractivity contribution >= 4 is 5.97 Å². The number of aromatic nitrogens is 2. The van der Waals surface area contributed by atoms with Crippen molar-refractivity contribution in [2.45, 2.75) is 37.8 Å². The van der Waals surface area contributed by atoms with E-state index >= 15 is 0 Å². The smallest absolute Gasteiger partial charge is 0.338 e. The van der Waals surface area contributed by atoms with Gasteiger partial charge in [-0.3, -0.25) is 0 Å². The van der Waals surface area contributed by atoms with E-state index in [4.69, 9.17) is 4.74 Å². The number of ether oxygens (including phenoxy) is 1. The highest BCUT2D eigenvalue weighted by Crippen LogP contribution is 2.31. The van der Waals surface area contributed by atoms with Crippen LogP contribution in [0.15, 0.2) is 49.1 Å². The van der Waals surface area contributed by atoms with Crippen molar-refractivity contribution in [1.82, 2.24) is 9.55 Å². The van der Waals surface area contributed by atoms with Crippen molar-refractivity contribution in [3.05, 3.63) is 54.6 Å². The van der Waals surface area contributed by atoms with Crippen LogP contribution in [0.25, 0.3) is 0 Å². The summed E-state index contributed by atoms with van der Waals surface area (Å²) in [5.74, 6) is -0.234. The van der Waals surface area contributed by atoms with Gasteiger partial charge in [-0.05, 0) is 31.4 Å². The van der Waals surface area contributed by atoms with Crippen LogP contribution in [-0.4, -0.2) is 21.6 Å². The molecule has 3 rings (SSSR count). The molecule has 0 bridgehead atoms. The molecule has 1 saturated carbocycles. The number of rotatable bonds is 3. The fraction of sp³-hybridized carbons (Fsp3) is 0.375. The van der Waals surface area contributed by atoms with E-state index in [0.717, 1.165) is 19.3 Å². The van der Waals surface area contributed by atoms with E-state index in [1.807, 2.05) is 24.4 Å². The van der Waals surface area contributed by atoms with E-state index in [0.29, 0.717) is 5.56 Å². The molecule has 0 unspecified atom stereocenters. The normalized spacial score (nSPS) is 22.4. The predicted octanol–water partition coefficient (Wildman–Crippen LogP) is 3.22. The molecule has 0 saturated heterocycles. The van der Waals surface area contributed by atoms with Crippen LogP contribution in [-0.2, 0) is 4.74 Å². The Bertz CT molecular complexity index is 551. The second-order valence-electron chi connectivity index (χ2n) is 5.17. The summed E-state index contributed by atoms with van der Waals surface area (Å²) in [7, 11) is 0. The summed E-state index contributed by atoms with van der Waals surface area (Å²) in [4.78, 5) is 16.3. The Balaban J connectivity index is 1.73. The largest absolute Gasteiger partial charge is 0.457 e. The third-order valence-corrected chi connectivity index (χ3v) is 3.84. The van der Waals surface area contributed by atoms with Crippen LogP contribution in [0.3, 0.4) is 0 Å². The molecule has 1 aromatic heterocycles. The highest BCUT2D eigenvalue weighted by molar-refractivity contribution is 5.89. The summed E-state index contributed by atoms with van der Waals surface area (Å²) in [5, 5.41) is 0. The fourth-order valence-corrected chi connectivity index (χ4v) is 2.80. The summed E-state index contributed by atoms with van der Waals surface area (Å²) < 4.78 is 7.78. The average Bonchev–Trinajstić information content (AvgIpc) is 3.03. The molecule has 0 aliphatic heterocycles. The Morgan fingerprint density at radius 3 is 2.75 bits per heavy atom. The minimum Gasteiger partial charge on any atom is -0.457 e. The van der Waals surface area contributed by atoms with Gasteiger partial charge in [-0.25, -0.2) is 9.78 Å². The molecular weight excluding hydrogens is 252 g/mol. The molecule has 1 fully saturated rings. The topological polar surface area (TPSA) is 44.1 Å². The summed E-state index contributed by atoms with van der Waals surface area (Å²) in [6.07, 6.45) is 9.68. The van der Waals surface area contributed by atoms with Gasteiger partial charge in [-0.1, -0.05) is 24.6 Å². The zero-order valence-corrected chi connectivity index (χ0v) is 11.3. The van der Waals surface area contributed by atoms with Gasteiger partial charge in [0, 0.05) is 12.4 Å². The lowest BCUT2D eigenvalue weighted by Crippen LogP contribution is -2.31. The summed E-state index contributed by atoms with van der Waals surface area (Å²) in [6.45, 7) is 0. The maximum Gasteiger partial charge on any atom is 0.338 e. The summed E-state index contributed by atoms with van der Waals surface area (Å²) >= 11 is 0. The van der Waals surface area contributed by atoms with E-state index < -0.39 is 0 Å². The zero-order valence-electron chi connectivity index (χ0n) is 11.3. The number of imidazole rings is 1. The van der Waals surface area contributed by atoms with E-state index in [2.05, 4.69) is 9.55 Å². The van der Waals surface area contributed by atoms with Gasteiger partial charge in [-0.2, -0.15) is 0 Å². The molecule has 2 aromatic rings. The molecule has 1 aliphatic rings. The third-order valence-electron chi connectivity index (χ3n) is 3.84. The molecular formula is C16H18N2O2. The summed E-state index contributed by atoms with van der Waals surface area (Å²) in [6, 6.07) is 9.38. The van der Waals surface area contributed by atoms with E-state index in [-0.39, 0.29) is 18.1 Å². The molecule has 0 amide bonds. The molecule has 1 heterocycles. The summed E-state index contributed by atoms with van der Waals surface area (Å²) in [5.41, 5.74) is 0.613. The monoisotopic (exact) mass is 270 g/mol. The average molecular weight is 270 g/mol. The molecule has 0 spiro atoms. The highest BCUT2D eigenvalue weighted by atomic mass is 16.5. The second kappa shape index (κ2) is 5.90. The van der Waals surface area contributed by atoms with E-state index in [9.17, 15) is 4.79 Å². The first-order chi connectivity index (χ1) is 9.84. The standard InChI is InChI=1S/C16H18N2O2/c19-16(13-6-2-1-3-7-13)20-15-9-5-4-8-14(15)18-11-10-17-12-18/h1-3,6-7,10-12,14-15H,4-5,8-9H2/t14-,15-/m1/s1. The lowest BCUT2D eigenvalue weighted by atomic mass is 9.92. The quantitative estimate of drug-likeness (QED) is 0.804. The van der Waals surface area contributed by atoms with Crippen molar-refractivity contribution < 1.29 is 9.53 Å². The van der Waals surface area contributed by atoms with Gasteiger partial charge in [0.2, 0.25) is 0 Å². The first-order valence-electron chi connectivity index (χ1n) is 7.08. The Morgan fingerprint density at radius 1 is 1.20 bits per heavy atom. The number of nitrogens with zero attached hydrogens (tertiary/aromatic N) is 2. The van der Waals surface area contributed by atoms with Crippen LogP contribution < -0.4 is 0 Å². The number of carbonyl (C=O) groups is 1. The van der Waals surface area contributed by atoms with Gasteiger partial charge in [-0.15, -0.1) is 0 Å². The number of hydrogen-bond donors (Lipinski definition) is 0. The van der Waals surface area contributed by atoms with Crippen molar-refractivity contribution in [3.63, 3.8) is 0 Å². The lowest BCUT2D eigenvalue weighted by Gasteiger charge is -2.31. The van der Waals surface area contributed by atoms with Gasteiger partial charge in [0.05, 0.1) is 17.9 Å². The predicted molar refractivity (Wildman–Crippen MR) is 75.4 cm³/mol. The minimum absolute atomic E-state index is 0.0642. The van der Waals surface area contributed by atoms with Crippen LogP contribution in [0.1, 0.15) is 42.1 Å². The van der Waals surface area contributed by atoms with Crippen molar-refractivity contribution in [3.8, 4) is 0 Å². The molecule has 20 heavy (non-hydrogen) atoms. The fourth-order valence-electron chi connectivity index (χ4n) is 2.80. The van der Waals surface area contributed by atoms with Gasteiger partial charge in [0.25, 0.3) is 0 Å². The van der Waals surface area contributed by atoms with Gasteiger partial charge in [0.1, 0.15) is 6.10 Å². The molecule has 0 N–H and O–H groups in total. The Labute approximate surface area is 118 Å². The van der Waals surface area contributed by atoms with Crippen LogP contribution in [0, 0.1) is 0 Å². The third kappa shape index (κ3) is 2.74. The van der Waals surface area contributed by atoms with Crippen LogP contribution in [0.4, 0.5) is 0 Å². The molecule has 2 atom stereocenters. The number of hydrogen-bond acceptors (Lipinski definition) is 3. The first-order valence-corrected chi connectivity index (χ1v) is 7.08. The molecule has 104 valence electrons. The first kappa shape index (κ1) is 12.9. The van der Waals surface area contributed by atoms with E-state index in [1.165, 1.54) is 6.42 Å². The maximum atomic E-state index is 12.2. The SMILES string of the molecule is O=C(O[C@@H]1CCCC[C@H]1n1ccnc1)c1ccccc1. The number of esters is 1. The van der Waals surface area contributed by atoms with Crippen molar-refractivity contribution in [1.29, 1.82) is 0 Å². The van der Waals surface area contributed by atoms with E-state index in [1.54, 1.807) is 24.7 Å². The van der Waals surface area contributed by atoms with Gasteiger partial charge >= 0.3 is 5.97 Å². The minimum atomic E-state index is -0.234. The lowest BCUT2D eigenvalue weighted by molar-refractivity contribution is 0.00412. The van der Waals surface area contributed by atoms with Crippen molar-refractivity contribution in [2.75, 3.05) is 0 Å². The molecule has 0 radical (unpaired) electrons. The number of carbonyl (C=O) groups excluding carboxylic acids is 1. The molecule has 1 aliphatic carbocycles. The molecule has 1 aromatic carbocycles. The van der Waals surface area contributed by atoms with Crippen LogP contribution in [0.2, 0.25) is 0 Å². The van der Waals surface area contributed by atoms with Crippen LogP contribution in [0.5, 0.6) is 0 Å². The maximum absolute atomic E-state index is 12.2. The van der Waals surface area contributed by atoms with Crippen LogP contribution >= 0.6 is 0 Å².